The minimum absolute atomic E-state index is 0.643. The van der Waals surface area contributed by atoms with Crippen molar-refractivity contribution in [2.45, 2.75) is 10.1 Å². The van der Waals surface area contributed by atoms with E-state index in [1.54, 1.807) is 18.9 Å². The summed E-state index contributed by atoms with van der Waals surface area (Å²) >= 11 is 9.18. The number of methoxy groups -OCH3 is 1. The van der Waals surface area contributed by atoms with E-state index in [0.29, 0.717) is 11.6 Å². The predicted molar refractivity (Wildman–Crippen MR) is 95.6 cm³/mol. The first-order chi connectivity index (χ1) is 11.2. The van der Waals surface area contributed by atoms with Gasteiger partial charge in [-0.2, -0.15) is 0 Å². The Kier molecular flexibility index (Phi) is 5.37. The Morgan fingerprint density at radius 2 is 2.26 bits per heavy atom. The quantitative estimate of drug-likeness (QED) is 0.508. The van der Waals surface area contributed by atoms with Gasteiger partial charge in [-0.3, -0.25) is 0 Å². The second kappa shape index (κ2) is 7.48. The maximum Gasteiger partial charge on any atom is 0.206 e. The maximum atomic E-state index is 6.02. The van der Waals surface area contributed by atoms with Crippen LogP contribution in [0.5, 0.6) is 0 Å². The van der Waals surface area contributed by atoms with E-state index in [-0.39, 0.29) is 0 Å². The number of aryl methyl sites for hydroxylation is 1. The summed E-state index contributed by atoms with van der Waals surface area (Å²) in [7, 11) is 3.68. The monoisotopic (exact) mass is 369 g/mol. The van der Waals surface area contributed by atoms with Crippen molar-refractivity contribution in [2.24, 2.45) is 7.05 Å². The average molecular weight is 370 g/mol. The van der Waals surface area contributed by atoms with Crippen LogP contribution < -0.4 is 5.32 Å². The van der Waals surface area contributed by atoms with Gasteiger partial charge in [0.2, 0.25) is 5.13 Å². The number of fused-ring (bicyclic) bond motifs is 1. The topological polar surface area (TPSA) is 64.9 Å². The zero-order valence-electron chi connectivity index (χ0n) is 12.7. The van der Waals surface area contributed by atoms with Crippen LogP contribution in [0.25, 0.3) is 11.0 Å². The van der Waals surface area contributed by atoms with Crippen LogP contribution in [0.2, 0.25) is 5.02 Å². The molecule has 1 N–H and O–H groups in total. The highest BCUT2D eigenvalue weighted by Crippen LogP contribution is 2.29. The molecule has 1 aromatic carbocycles. The van der Waals surface area contributed by atoms with E-state index in [4.69, 9.17) is 16.3 Å². The average Bonchev–Trinajstić information content (AvgIpc) is 3.10. The third kappa shape index (κ3) is 3.95. The number of anilines is 1. The minimum atomic E-state index is 0.643. The normalized spacial score (nSPS) is 11.3. The summed E-state index contributed by atoms with van der Waals surface area (Å²) in [6, 6.07) is 5.75. The van der Waals surface area contributed by atoms with Crippen molar-refractivity contribution < 1.29 is 4.74 Å². The number of ether oxygens (including phenoxy) is 1. The van der Waals surface area contributed by atoms with Crippen LogP contribution in [0.4, 0.5) is 5.13 Å². The molecular weight excluding hydrogens is 354 g/mol. The highest BCUT2D eigenvalue weighted by Gasteiger charge is 2.10. The molecule has 0 saturated carbocycles. The van der Waals surface area contributed by atoms with E-state index in [1.165, 1.54) is 11.3 Å². The standard InChI is InChI=1S/C14H16ClN5OS2/c1-20-11-4-3-9(15)7-10(11)17-12(20)8-22-14-19-18-13(23-14)16-5-6-21-2/h3-4,7H,5-6,8H2,1-2H3,(H,16,18). The number of halogens is 1. The van der Waals surface area contributed by atoms with Gasteiger partial charge in [0, 0.05) is 25.7 Å². The number of benzene rings is 1. The summed E-state index contributed by atoms with van der Waals surface area (Å²) in [6.45, 7) is 1.37. The number of hydrogen-bond acceptors (Lipinski definition) is 7. The number of nitrogens with one attached hydrogen (secondary N) is 1. The van der Waals surface area contributed by atoms with E-state index in [9.17, 15) is 0 Å². The van der Waals surface area contributed by atoms with E-state index < -0.39 is 0 Å². The van der Waals surface area contributed by atoms with Crippen molar-refractivity contribution in [3.8, 4) is 0 Å². The fourth-order valence-electron chi connectivity index (χ4n) is 2.08. The lowest BCUT2D eigenvalue weighted by atomic mass is 10.3. The lowest BCUT2D eigenvalue weighted by molar-refractivity contribution is 0.211. The molecule has 0 aliphatic rings. The van der Waals surface area contributed by atoms with E-state index in [0.717, 1.165) is 38.6 Å². The van der Waals surface area contributed by atoms with Crippen LogP contribution in [-0.2, 0) is 17.5 Å². The molecule has 0 atom stereocenters. The van der Waals surface area contributed by atoms with Crippen LogP contribution in [0.1, 0.15) is 5.82 Å². The lowest BCUT2D eigenvalue weighted by Gasteiger charge is -2.00. The molecule has 0 bridgehead atoms. The predicted octanol–water partition coefficient (Wildman–Crippen LogP) is 3.43. The molecule has 6 nitrogen and oxygen atoms in total. The first kappa shape index (κ1) is 16.5. The third-order valence-corrected chi connectivity index (χ3v) is 5.49. The Balaban J connectivity index is 1.65. The molecular formula is C14H16ClN5OS2. The number of hydrogen-bond donors (Lipinski definition) is 1. The first-order valence-corrected chi connectivity index (χ1v) is 9.15. The molecule has 0 fully saturated rings. The van der Waals surface area contributed by atoms with Gasteiger partial charge in [-0.15, -0.1) is 10.2 Å². The van der Waals surface area contributed by atoms with Crippen LogP contribution in [0, 0.1) is 0 Å². The van der Waals surface area contributed by atoms with Gasteiger partial charge in [0.1, 0.15) is 5.82 Å². The molecule has 0 radical (unpaired) electrons. The van der Waals surface area contributed by atoms with E-state index in [1.807, 2.05) is 25.2 Å². The smallest absolute Gasteiger partial charge is 0.206 e. The van der Waals surface area contributed by atoms with Gasteiger partial charge in [0.25, 0.3) is 0 Å². The number of thioether (sulfide) groups is 1. The highest BCUT2D eigenvalue weighted by atomic mass is 35.5. The third-order valence-electron chi connectivity index (χ3n) is 3.25. The van der Waals surface area contributed by atoms with Gasteiger partial charge in [0.05, 0.1) is 23.4 Å². The van der Waals surface area contributed by atoms with Gasteiger partial charge >= 0.3 is 0 Å². The molecule has 9 heteroatoms. The van der Waals surface area contributed by atoms with Gasteiger partial charge < -0.3 is 14.6 Å². The summed E-state index contributed by atoms with van der Waals surface area (Å²) in [5, 5.41) is 13.0. The zero-order chi connectivity index (χ0) is 16.2. The van der Waals surface area contributed by atoms with Gasteiger partial charge in [-0.1, -0.05) is 34.7 Å². The molecule has 0 unspecified atom stereocenters. The van der Waals surface area contributed by atoms with Gasteiger partial charge in [0.15, 0.2) is 4.34 Å². The van der Waals surface area contributed by atoms with Crippen LogP contribution in [-0.4, -0.2) is 40.0 Å². The Bertz CT molecular complexity index is 804. The van der Waals surface area contributed by atoms with Crippen molar-refractivity contribution in [1.29, 1.82) is 0 Å². The summed E-state index contributed by atoms with van der Waals surface area (Å²) in [5.74, 6) is 1.71. The first-order valence-electron chi connectivity index (χ1n) is 6.97. The van der Waals surface area contributed by atoms with Gasteiger partial charge in [-0.05, 0) is 18.2 Å². The van der Waals surface area contributed by atoms with Crippen LogP contribution in [0.3, 0.4) is 0 Å². The summed E-state index contributed by atoms with van der Waals surface area (Å²) in [5.41, 5.74) is 1.99. The molecule has 3 rings (SSSR count). The lowest BCUT2D eigenvalue weighted by Crippen LogP contribution is -2.06. The van der Waals surface area contributed by atoms with Crippen molar-refractivity contribution in [2.75, 3.05) is 25.6 Å². The Labute approximate surface area is 147 Å². The number of imidazole rings is 1. The molecule has 0 spiro atoms. The molecule has 2 heterocycles. The Hall–Kier alpha value is -1.35. The zero-order valence-corrected chi connectivity index (χ0v) is 15.1. The molecule has 0 aliphatic heterocycles. The Morgan fingerprint density at radius 3 is 3.09 bits per heavy atom. The molecule has 0 amide bonds. The molecule has 3 aromatic rings. The molecule has 0 aliphatic carbocycles. The fourth-order valence-corrected chi connectivity index (χ4v) is 4.01. The van der Waals surface area contributed by atoms with E-state index >= 15 is 0 Å². The molecule has 122 valence electrons. The minimum Gasteiger partial charge on any atom is -0.383 e. The Morgan fingerprint density at radius 1 is 1.39 bits per heavy atom. The summed E-state index contributed by atoms with van der Waals surface area (Å²) in [4.78, 5) is 4.64. The SMILES string of the molecule is COCCNc1nnc(SCc2nc3cc(Cl)ccc3n2C)s1. The van der Waals surface area contributed by atoms with Gasteiger partial charge in [-0.25, -0.2) is 4.98 Å². The maximum absolute atomic E-state index is 6.02. The van der Waals surface area contributed by atoms with E-state index in [2.05, 4.69) is 25.1 Å². The number of aromatic nitrogens is 4. The molecule has 23 heavy (non-hydrogen) atoms. The van der Waals surface area contributed by atoms with Crippen molar-refractivity contribution in [3.05, 3.63) is 29.0 Å². The summed E-state index contributed by atoms with van der Waals surface area (Å²) in [6.07, 6.45) is 0. The largest absolute Gasteiger partial charge is 0.383 e. The fraction of sp³-hybridized carbons (Fsp3) is 0.357. The second-order valence-electron chi connectivity index (χ2n) is 4.80. The van der Waals surface area contributed by atoms with Crippen molar-refractivity contribution in [3.63, 3.8) is 0 Å². The van der Waals surface area contributed by atoms with Crippen LogP contribution >= 0.6 is 34.7 Å². The second-order valence-corrected chi connectivity index (χ2v) is 7.44. The molecule has 0 saturated heterocycles. The molecule has 2 aromatic heterocycles. The number of rotatable bonds is 7. The van der Waals surface area contributed by atoms with Crippen molar-refractivity contribution >= 4 is 50.9 Å². The number of nitrogens with zero attached hydrogens (tertiary/aromatic N) is 4. The highest BCUT2D eigenvalue weighted by molar-refractivity contribution is 8.00. The van der Waals surface area contributed by atoms with Crippen LogP contribution in [0.15, 0.2) is 22.5 Å². The van der Waals surface area contributed by atoms with Crippen molar-refractivity contribution in [1.82, 2.24) is 19.7 Å². The summed E-state index contributed by atoms with van der Waals surface area (Å²) < 4.78 is 7.99.